The van der Waals surface area contributed by atoms with Crippen molar-refractivity contribution in [3.05, 3.63) is 0 Å². The molecule has 2 fully saturated rings. The fourth-order valence-corrected chi connectivity index (χ4v) is 2.99. The molecule has 0 saturated carbocycles. The van der Waals surface area contributed by atoms with Gasteiger partial charge in [0.2, 0.25) is 0 Å². The molecular formula is C18H34O5. The summed E-state index contributed by atoms with van der Waals surface area (Å²) in [7, 11) is 0. The second-order valence-electron chi connectivity index (χ2n) is 6.44. The Bertz CT molecular complexity index is 288. The summed E-state index contributed by atoms with van der Waals surface area (Å²) in [6.07, 6.45) is 5.77. The van der Waals surface area contributed by atoms with Crippen molar-refractivity contribution in [3.63, 3.8) is 0 Å². The van der Waals surface area contributed by atoms with Crippen LogP contribution in [0.5, 0.6) is 0 Å². The molecule has 0 aromatic rings. The molecule has 0 aliphatic carbocycles. The van der Waals surface area contributed by atoms with Crippen LogP contribution in [0.4, 0.5) is 0 Å². The van der Waals surface area contributed by atoms with Gasteiger partial charge in [-0.15, -0.1) is 0 Å². The molecule has 0 aromatic heterocycles. The van der Waals surface area contributed by atoms with Gasteiger partial charge >= 0.3 is 0 Å². The van der Waals surface area contributed by atoms with Gasteiger partial charge in [0.25, 0.3) is 0 Å². The van der Waals surface area contributed by atoms with Gasteiger partial charge in [-0.3, -0.25) is 0 Å². The first-order chi connectivity index (χ1) is 11.3. The Balaban J connectivity index is 1.99. The lowest BCUT2D eigenvalue weighted by molar-refractivity contribution is -0.262. The van der Waals surface area contributed by atoms with E-state index in [9.17, 15) is 0 Å². The Labute approximate surface area is 140 Å². The minimum atomic E-state index is -0.311. The van der Waals surface area contributed by atoms with Gasteiger partial charge in [-0.2, -0.15) is 0 Å². The van der Waals surface area contributed by atoms with Gasteiger partial charge in [-0.1, -0.05) is 40.0 Å². The van der Waals surface area contributed by atoms with Crippen molar-refractivity contribution in [1.29, 1.82) is 0 Å². The molecule has 0 aromatic carbocycles. The average molecular weight is 330 g/mol. The van der Waals surface area contributed by atoms with E-state index in [0.29, 0.717) is 13.2 Å². The van der Waals surface area contributed by atoms with Gasteiger partial charge in [0.1, 0.15) is 24.4 Å². The van der Waals surface area contributed by atoms with Crippen LogP contribution in [0.2, 0.25) is 0 Å². The third-order valence-electron chi connectivity index (χ3n) is 4.44. The summed E-state index contributed by atoms with van der Waals surface area (Å²) in [5.74, 6) is 0. The minimum absolute atomic E-state index is 0.0329. The molecule has 2 heterocycles. The van der Waals surface area contributed by atoms with E-state index < -0.39 is 0 Å². The van der Waals surface area contributed by atoms with E-state index in [1.165, 1.54) is 0 Å². The Morgan fingerprint density at radius 3 is 1.83 bits per heavy atom. The Hall–Kier alpha value is -0.200. The normalized spacial score (nSPS) is 33.3. The highest BCUT2D eigenvalue weighted by molar-refractivity contribution is 4.96. The van der Waals surface area contributed by atoms with E-state index in [2.05, 4.69) is 20.8 Å². The van der Waals surface area contributed by atoms with Crippen LogP contribution in [0.15, 0.2) is 0 Å². The molecule has 23 heavy (non-hydrogen) atoms. The fourth-order valence-electron chi connectivity index (χ4n) is 2.99. The standard InChI is InChI=1S/C18H34O5/c1-4-7-10-19-15-14-13-22-18(23-14)17(21-12-9-6-3)16(15)20-11-8-5-2/h14-18H,4-13H2,1-3H3/t14-,15+,16+,17?,18-/m1/s1. The number of fused-ring (bicyclic) bond motifs is 2. The molecule has 2 rings (SSSR count). The number of ether oxygens (including phenoxy) is 5. The molecule has 0 radical (unpaired) electrons. The highest BCUT2D eigenvalue weighted by Gasteiger charge is 2.52. The molecule has 2 aliphatic rings. The SMILES string of the molecule is CCCCOC1[C@@H]2OC[C@@H](O2)[C@H](OCCCC)[C@@H]1OCCCC. The van der Waals surface area contributed by atoms with Gasteiger partial charge in [0, 0.05) is 19.8 Å². The summed E-state index contributed by atoms with van der Waals surface area (Å²) in [5, 5.41) is 0. The molecule has 0 N–H and O–H groups in total. The second kappa shape index (κ2) is 10.6. The average Bonchev–Trinajstić information content (AvgIpc) is 2.99. The van der Waals surface area contributed by atoms with Crippen molar-refractivity contribution in [1.82, 2.24) is 0 Å². The molecule has 2 bridgehead atoms. The highest BCUT2D eigenvalue weighted by atomic mass is 16.8. The first-order valence-electron chi connectivity index (χ1n) is 9.43. The monoisotopic (exact) mass is 330 g/mol. The maximum Gasteiger partial charge on any atom is 0.187 e. The summed E-state index contributed by atoms with van der Waals surface area (Å²) >= 11 is 0. The summed E-state index contributed by atoms with van der Waals surface area (Å²) in [6.45, 7) is 9.26. The van der Waals surface area contributed by atoms with Crippen LogP contribution < -0.4 is 0 Å². The predicted octanol–water partition coefficient (Wildman–Crippen LogP) is 3.30. The smallest absolute Gasteiger partial charge is 0.187 e. The zero-order chi connectivity index (χ0) is 16.5. The lowest BCUT2D eigenvalue weighted by atomic mass is 10.00. The zero-order valence-corrected chi connectivity index (χ0v) is 15.0. The first-order valence-corrected chi connectivity index (χ1v) is 9.43. The second-order valence-corrected chi connectivity index (χ2v) is 6.44. The molecule has 136 valence electrons. The van der Waals surface area contributed by atoms with E-state index in [0.717, 1.165) is 51.7 Å². The van der Waals surface area contributed by atoms with Gasteiger partial charge in [-0.25, -0.2) is 0 Å². The van der Waals surface area contributed by atoms with Crippen LogP contribution in [0, 0.1) is 0 Å². The van der Waals surface area contributed by atoms with Gasteiger partial charge < -0.3 is 23.7 Å². The van der Waals surface area contributed by atoms with Crippen molar-refractivity contribution in [2.45, 2.75) is 90.0 Å². The van der Waals surface area contributed by atoms with Gasteiger partial charge in [-0.05, 0) is 19.3 Å². The molecule has 2 saturated heterocycles. The fraction of sp³-hybridized carbons (Fsp3) is 1.00. The number of rotatable bonds is 12. The van der Waals surface area contributed by atoms with Crippen LogP contribution in [-0.2, 0) is 23.7 Å². The Morgan fingerprint density at radius 1 is 0.739 bits per heavy atom. The van der Waals surface area contributed by atoms with Crippen LogP contribution in [-0.4, -0.2) is 57.1 Å². The van der Waals surface area contributed by atoms with Crippen LogP contribution in [0.25, 0.3) is 0 Å². The minimum Gasteiger partial charge on any atom is -0.373 e. The third-order valence-corrected chi connectivity index (χ3v) is 4.44. The molecule has 0 amide bonds. The zero-order valence-electron chi connectivity index (χ0n) is 15.0. The quantitative estimate of drug-likeness (QED) is 0.514. The van der Waals surface area contributed by atoms with E-state index in [-0.39, 0.29) is 30.7 Å². The third kappa shape index (κ3) is 5.40. The number of hydrogen-bond donors (Lipinski definition) is 0. The van der Waals surface area contributed by atoms with Crippen molar-refractivity contribution < 1.29 is 23.7 Å². The van der Waals surface area contributed by atoms with E-state index in [1.807, 2.05) is 0 Å². The van der Waals surface area contributed by atoms with E-state index >= 15 is 0 Å². The van der Waals surface area contributed by atoms with Crippen molar-refractivity contribution in [2.24, 2.45) is 0 Å². The molecule has 0 spiro atoms. The summed E-state index contributed by atoms with van der Waals surface area (Å²) in [6, 6.07) is 0. The summed E-state index contributed by atoms with van der Waals surface area (Å²) in [5.41, 5.74) is 0. The van der Waals surface area contributed by atoms with Crippen molar-refractivity contribution >= 4 is 0 Å². The lowest BCUT2D eigenvalue weighted by Gasteiger charge is -2.40. The Morgan fingerprint density at radius 2 is 1.26 bits per heavy atom. The highest BCUT2D eigenvalue weighted by Crippen LogP contribution is 2.34. The summed E-state index contributed by atoms with van der Waals surface area (Å²) in [4.78, 5) is 0. The van der Waals surface area contributed by atoms with Crippen molar-refractivity contribution in [3.8, 4) is 0 Å². The van der Waals surface area contributed by atoms with Crippen molar-refractivity contribution in [2.75, 3.05) is 26.4 Å². The number of hydrogen-bond acceptors (Lipinski definition) is 5. The van der Waals surface area contributed by atoms with Gasteiger partial charge in [0.05, 0.1) is 6.61 Å². The maximum absolute atomic E-state index is 6.18. The molecule has 5 heteroatoms. The molecule has 5 atom stereocenters. The molecular weight excluding hydrogens is 296 g/mol. The number of unbranched alkanes of at least 4 members (excludes halogenated alkanes) is 3. The maximum atomic E-state index is 6.18. The van der Waals surface area contributed by atoms with Gasteiger partial charge in [0.15, 0.2) is 6.29 Å². The molecule has 1 unspecified atom stereocenters. The van der Waals surface area contributed by atoms with Crippen LogP contribution in [0.3, 0.4) is 0 Å². The molecule has 2 aliphatic heterocycles. The largest absolute Gasteiger partial charge is 0.373 e. The van der Waals surface area contributed by atoms with Crippen LogP contribution in [0.1, 0.15) is 59.3 Å². The van der Waals surface area contributed by atoms with E-state index in [4.69, 9.17) is 23.7 Å². The van der Waals surface area contributed by atoms with Crippen LogP contribution >= 0.6 is 0 Å². The summed E-state index contributed by atoms with van der Waals surface area (Å²) < 4.78 is 30.1. The van der Waals surface area contributed by atoms with E-state index in [1.54, 1.807) is 0 Å². The predicted molar refractivity (Wildman–Crippen MR) is 88.6 cm³/mol. The lowest BCUT2D eigenvalue weighted by Crippen LogP contribution is -2.57. The first kappa shape index (κ1) is 19.1. The molecule has 5 nitrogen and oxygen atoms in total. The topological polar surface area (TPSA) is 46.2 Å². The Kier molecular flexibility index (Phi) is 8.83.